The van der Waals surface area contributed by atoms with Crippen LogP contribution >= 0.6 is 11.6 Å². The van der Waals surface area contributed by atoms with E-state index in [-0.39, 0.29) is 0 Å². The average Bonchev–Trinajstić information content (AvgIpc) is 2.62. The molecule has 0 heterocycles. The van der Waals surface area contributed by atoms with Gasteiger partial charge in [0.05, 0.1) is 20.3 Å². The summed E-state index contributed by atoms with van der Waals surface area (Å²) >= 11 is 6.08. The van der Waals surface area contributed by atoms with Crippen molar-refractivity contribution in [1.29, 1.82) is 0 Å². The van der Waals surface area contributed by atoms with E-state index in [1.54, 1.807) is 7.11 Å². The quantitative estimate of drug-likeness (QED) is 0.596. The highest BCUT2D eigenvalue weighted by Gasteiger charge is 2.03. The van der Waals surface area contributed by atoms with E-state index < -0.39 is 0 Å². The van der Waals surface area contributed by atoms with Gasteiger partial charge < -0.3 is 18.9 Å². The molecular formula is C19H23ClO4. The van der Waals surface area contributed by atoms with Crippen molar-refractivity contribution in [1.82, 2.24) is 0 Å². The summed E-state index contributed by atoms with van der Waals surface area (Å²) in [6, 6.07) is 13.2. The highest BCUT2D eigenvalue weighted by Crippen LogP contribution is 2.25. The Morgan fingerprint density at radius 2 is 1.58 bits per heavy atom. The van der Waals surface area contributed by atoms with Crippen LogP contribution in [0.25, 0.3) is 0 Å². The van der Waals surface area contributed by atoms with Crippen molar-refractivity contribution in [3.05, 3.63) is 53.1 Å². The smallest absolute Gasteiger partial charge is 0.161 e. The van der Waals surface area contributed by atoms with Crippen LogP contribution in [0, 0.1) is 0 Å². The van der Waals surface area contributed by atoms with Gasteiger partial charge in [-0.25, -0.2) is 0 Å². The molecule has 0 aromatic heterocycles. The molecule has 2 rings (SSSR count). The molecule has 0 N–H and O–H groups in total. The Labute approximate surface area is 148 Å². The van der Waals surface area contributed by atoms with Crippen molar-refractivity contribution < 1.29 is 18.9 Å². The lowest BCUT2D eigenvalue weighted by molar-refractivity contribution is 0.0757. The van der Waals surface area contributed by atoms with Gasteiger partial charge in [-0.1, -0.05) is 30.7 Å². The lowest BCUT2D eigenvalue weighted by Crippen LogP contribution is -2.12. The van der Waals surface area contributed by atoms with E-state index in [9.17, 15) is 0 Å². The number of rotatable bonds is 10. The number of ether oxygens (including phenoxy) is 4. The maximum Gasteiger partial charge on any atom is 0.161 e. The van der Waals surface area contributed by atoms with Crippen molar-refractivity contribution in [2.45, 2.75) is 13.3 Å². The molecule has 0 aliphatic carbocycles. The Hall–Kier alpha value is -1.91. The molecule has 2 aromatic rings. The fraction of sp³-hybridized carbons (Fsp3) is 0.368. The highest BCUT2D eigenvalue weighted by molar-refractivity contribution is 6.31. The number of halogens is 1. The minimum Gasteiger partial charge on any atom is -0.493 e. The van der Waals surface area contributed by atoms with Gasteiger partial charge in [0.1, 0.15) is 19.0 Å². The maximum atomic E-state index is 6.08. The largest absolute Gasteiger partial charge is 0.493 e. The van der Waals surface area contributed by atoms with Gasteiger partial charge in [0, 0.05) is 5.02 Å². The van der Waals surface area contributed by atoms with Gasteiger partial charge in [-0.05, 0) is 42.3 Å². The van der Waals surface area contributed by atoms with E-state index in [0.29, 0.717) is 32.2 Å². The van der Waals surface area contributed by atoms with Crippen LogP contribution in [0.5, 0.6) is 17.2 Å². The molecule has 130 valence electrons. The molecule has 24 heavy (non-hydrogen) atoms. The summed E-state index contributed by atoms with van der Waals surface area (Å²) in [4.78, 5) is 0. The lowest BCUT2D eigenvalue weighted by atomic mass is 10.1. The molecule has 0 bridgehead atoms. The van der Waals surface area contributed by atoms with E-state index in [0.717, 1.165) is 28.5 Å². The van der Waals surface area contributed by atoms with Crippen molar-refractivity contribution in [3.8, 4) is 17.2 Å². The zero-order valence-electron chi connectivity index (χ0n) is 14.1. The number of para-hydroxylation sites is 2. The predicted octanol–water partition coefficient (Wildman–Crippen LogP) is 4.39. The number of methoxy groups -OCH3 is 1. The van der Waals surface area contributed by atoms with Crippen LogP contribution in [-0.2, 0) is 11.2 Å². The van der Waals surface area contributed by atoms with Gasteiger partial charge in [0.2, 0.25) is 0 Å². The van der Waals surface area contributed by atoms with Gasteiger partial charge >= 0.3 is 0 Å². The van der Waals surface area contributed by atoms with Crippen LogP contribution < -0.4 is 14.2 Å². The normalized spacial score (nSPS) is 10.5. The number of aryl methyl sites for hydroxylation is 1. The molecule has 5 heteroatoms. The lowest BCUT2D eigenvalue weighted by Gasteiger charge is -2.11. The first-order valence-electron chi connectivity index (χ1n) is 7.99. The summed E-state index contributed by atoms with van der Waals surface area (Å²) in [5.41, 5.74) is 1.08. The minimum absolute atomic E-state index is 0.460. The summed E-state index contributed by atoms with van der Waals surface area (Å²) in [5.74, 6) is 2.24. The molecule has 0 atom stereocenters. The van der Waals surface area contributed by atoms with E-state index in [1.165, 1.54) is 0 Å². The standard InChI is InChI=1S/C19H23ClO4/c1-3-15-14-16(8-9-17(15)20)23-12-10-22-11-13-24-19-7-5-4-6-18(19)21-2/h4-9,14H,3,10-13H2,1-2H3. The van der Waals surface area contributed by atoms with Crippen LogP contribution in [0.4, 0.5) is 0 Å². The molecule has 0 amide bonds. The molecule has 0 fully saturated rings. The second kappa shape index (κ2) is 10.1. The highest BCUT2D eigenvalue weighted by atomic mass is 35.5. The maximum absolute atomic E-state index is 6.08. The SMILES string of the molecule is CCc1cc(OCCOCCOc2ccccc2OC)ccc1Cl. The first-order valence-corrected chi connectivity index (χ1v) is 8.37. The Bertz CT molecular complexity index is 631. The van der Waals surface area contributed by atoms with E-state index in [4.69, 9.17) is 30.5 Å². The van der Waals surface area contributed by atoms with Gasteiger partial charge in [0.25, 0.3) is 0 Å². The van der Waals surface area contributed by atoms with Crippen molar-refractivity contribution in [3.63, 3.8) is 0 Å². The van der Waals surface area contributed by atoms with Crippen LogP contribution in [-0.4, -0.2) is 33.5 Å². The first-order chi connectivity index (χ1) is 11.7. The van der Waals surface area contributed by atoms with Gasteiger partial charge in [0.15, 0.2) is 11.5 Å². The zero-order valence-corrected chi connectivity index (χ0v) is 14.8. The Balaban J connectivity index is 1.62. The molecule has 4 nitrogen and oxygen atoms in total. The fourth-order valence-electron chi connectivity index (χ4n) is 2.18. The molecule has 0 unspecified atom stereocenters. The summed E-state index contributed by atoms with van der Waals surface area (Å²) in [5, 5.41) is 0.773. The van der Waals surface area contributed by atoms with Crippen LogP contribution in [0.2, 0.25) is 5.02 Å². The summed E-state index contributed by atoms with van der Waals surface area (Å²) in [6.45, 7) is 4.00. The fourth-order valence-corrected chi connectivity index (χ4v) is 2.43. The van der Waals surface area contributed by atoms with E-state index in [1.807, 2.05) is 42.5 Å². The second-order valence-electron chi connectivity index (χ2n) is 5.07. The third-order valence-electron chi connectivity index (χ3n) is 3.45. The average molecular weight is 351 g/mol. The predicted molar refractivity (Wildman–Crippen MR) is 95.6 cm³/mol. The molecule has 0 saturated carbocycles. The van der Waals surface area contributed by atoms with Crippen LogP contribution in [0.15, 0.2) is 42.5 Å². The molecule has 0 aliphatic heterocycles. The number of hydrogen-bond acceptors (Lipinski definition) is 4. The van der Waals surface area contributed by atoms with Crippen molar-refractivity contribution in [2.24, 2.45) is 0 Å². The van der Waals surface area contributed by atoms with Crippen LogP contribution in [0.1, 0.15) is 12.5 Å². The topological polar surface area (TPSA) is 36.9 Å². The summed E-state index contributed by atoms with van der Waals surface area (Å²) < 4.78 is 22.0. The third-order valence-corrected chi connectivity index (χ3v) is 3.82. The number of hydrogen-bond donors (Lipinski definition) is 0. The second-order valence-corrected chi connectivity index (χ2v) is 5.47. The molecule has 2 aromatic carbocycles. The van der Waals surface area contributed by atoms with E-state index in [2.05, 4.69) is 6.92 Å². The van der Waals surface area contributed by atoms with Crippen LogP contribution in [0.3, 0.4) is 0 Å². The van der Waals surface area contributed by atoms with Gasteiger partial charge in [-0.15, -0.1) is 0 Å². The van der Waals surface area contributed by atoms with Crippen molar-refractivity contribution >= 4 is 11.6 Å². The zero-order chi connectivity index (χ0) is 17.2. The first kappa shape index (κ1) is 18.4. The summed E-state index contributed by atoms with van der Waals surface area (Å²) in [7, 11) is 1.62. The molecule has 0 spiro atoms. The Morgan fingerprint density at radius 3 is 2.29 bits per heavy atom. The van der Waals surface area contributed by atoms with Gasteiger partial charge in [-0.3, -0.25) is 0 Å². The third kappa shape index (κ3) is 5.62. The Morgan fingerprint density at radius 1 is 0.875 bits per heavy atom. The molecule has 0 aliphatic rings. The molecular weight excluding hydrogens is 328 g/mol. The molecule has 0 saturated heterocycles. The minimum atomic E-state index is 0.460. The van der Waals surface area contributed by atoms with E-state index >= 15 is 0 Å². The Kier molecular flexibility index (Phi) is 7.72. The van der Waals surface area contributed by atoms with Gasteiger partial charge in [-0.2, -0.15) is 0 Å². The monoisotopic (exact) mass is 350 g/mol. The summed E-state index contributed by atoms with van der Waals surface area (Å²) in [6.07, 6.45) is 0.882. The molecule has 0 radical (unpaired) electrons. The number of benzene rings is 2. The van der Waals surface area contributed by atoms with Crippen molar-refractivity contribution in [2.75, 3.05) is 33.5 Å².